The maximum absolute atomic E-state index is 12.7. The molecule has 1 aliphatic heterocycles. The fraction of sp³-hybridized carbons (Fsp3) is 0.750. The Bertz CT molecular complexity index is 490. The molecule has 2 heterocycles. The van der Waals surface area contributed by atoms with Gasteiger partial charge in [0.1, 0.15) is 5.69 Å². The Balaban J connectivity index is 1.94. The zero-order chi connectivity index (χ0) is 16.1. The molecule has 1 aromatic rings. The summed E-state index contributed by atoms with van der Waals surface area (Å²) in [4.78, 5) is 16.9. The highest BCUT2D eigenvalue weighted by molar-refractivity contribution is 5.92. The predicted molar refractivity (Wildman–Crippen MR) is 86.0 cm³/mol. The van der Waals surface area contributed by atoms with E-state index < -0.39 is 0 Å². The average Bonchev–Trinajstić information content (AvgIpc) is 2.84. The molecule has 6 nitrogen and oxygen atoms in total. The first-order valence-electron chi connectivity index (χ1n) is 8.04. The lowest BCUT2D eigenvalue weighted by Crippen LogP contribution is -2.49. The molecule has 0 spiro atoms. The van der Waals surface area contributed by atoms with E-state index in [2.05, 4.69) is 23.8 Å². The summed E-state index contributed by atoms with van der Waals surface area (Å²) in [5.41, 5.74) is 1.69. The summed E-state index contributed by atoms with van der Waals surface area (Å²) in [5, 5.41) is 4.46. The molecular weight excluding hydrogens is 280 g/mol. The van der Waals surface area contributed by atoms with Gasteiger partial charge in [-0.3, -0.25) is 14.4 Å². The van der Waals surface area contributed by atoms with Crippen molar-refractivity contribution in [3.8, 4) is 0 Å². The van der Waals surface area contributed by atoms with E-state index in [1.165, 1.54) is 0 Å². The van der Waals surface area contributed by atoms with Gasteiger partial charge in [0.05, 0.1) is 12.3 Å². The highest BCUT2D eigenvalue weighted by atomic mass is 16.5. The summed E-state index contributed by atoms with van der Waals surface area (Å²) >= 11 is 0. The van der Waals surface area contributed by atoms with Gasteiger partial charge in [-0.15, -0.1) is 0 Å². The van der Waals surface area contributed by atoms with E-state index in [0.29, 0.717) is 11.6 Å². The van der Waals surface area contributed by atoms with E-state index in [9.17, 15) is 4.79 Å². The molecule has 2 rings (SSSR count). The van der Waals surface area contributed by atoms with Gasteiger partial charge in [0.25, 0.3) is 5.91 Å². The van der Waals surface area contributed by atoms with E-state index in [1.807, 2.05) is 18.0 Å². The highest BCUT2D eigenvalue weighted by Gasteiger charge is 2.24. The topological polar surface area (TPSA) is 50.6 Å². The number of carbonyl (C=O) groups excluding carboxylic acids is 1. The van der Waals surface area contributed by atoms with Gasteiger partial charge in [-0.25, -0.2) is 0 Å². The third kappa shape index (κ3) is 4.30. The Kier molecular flexibility index (Phi) is 5.97. The van der Waals surface area contributed by atoms with Crippen molar-refractivity contribution in [2.75, 3.05) is 46.4 Å². The van der Waals surface area contributed by atoms with Gasteiger partial charge < -0.3 is 9.64 Å². The molecule has 0 saturated carbocycles. The van der Waals surface area contributed by atoms with E-state index in [1.54, 1.807) is 11.8 Å². The number of amides is 1. The van der Waals surface area contributed by atoms with Crippen LogP contribution in [0.3, 0.4) is 0 Å². The summed E-state index contributed by atoms with van der Waals surface area (Å²) in [6, 6.07) is 1.94. The van der Waals surface area contributed by atoms with Gasteiger partial charge in [-0.2, -0.15) is 5.10 Å². The average molecular weight is 308 g/mol. The minimum Gasteiger partial charge on any atom is -0.383 e. The van der Waals surface area contributed by atoms with Crippen molar-refractivity contribution in [2.24, 2.45) is 13.0 Å². The first-order valence-corrected chi connectivity index (χ1v) is 8.04. The Morgan fingerprint density at radius 3 is 2.59 bits per heavy atom. The fourth-order valence-electron chi connectivity index (χ4n) is 2.80. The smallest absolute Gasteiger partial charge is 0.272 e. The van der Waals surface area contributed by atoms with Crippen molar-refractivity contribution in [1.29, 1.82) is 0 Å². The third-order valence-corrected chi connectivity index (χ3v) is 4.04. The molecule has 0 bridgehead atoms. The molecule has 1 aliphatic rings. The summed E-state index contributed by atoms with van der Waals surface area (Å²) in [6.45, 7) is 9.36. The van der Waals surface area contributed by atoms with Crippen LogP contribution >= 0.6 is 0 Å². The lowest BCUT2D eigenvalue weighted by Gasteiger charge is -2.34. The van der Waals surface area contributed by atoms with Gasteiger partial charge in [-0.05, 0) is 18.4 Å². The number of aryl methyl sites for hydroxylation is 1. The number of rotatable bonds is 6. The Morgan fingerprint density at radius 2 is 2.00 bits per heavy atom. The van der Waals surface area contributed by atoms with Crippen molar-refractivity contribution < 1.29 is 9.53 Å². The van der Waals surface area contributed by atoms with Crippen LogP contribution in [0.2, 0.25) is 0 Å². The number of hydrogen-bond donors (Lipinski definition) is 0. The quantitative estimate of drug-likeness (QED) is 0.787. The first-order chi connectivity index (χ1) is 10.5. The molecule has 1 fully saturated rings. The number of nitrogens with zero attached hydrogens (tertiary/aromatic N) is 4. The molecule has 0 unspecified atom stereocenters. The zero-order valence-corrected chi connectivity index (χ0v) is 14.2. The van der Waals surface area contributed by atoms with Gasteiger partial charge in [0.15, 0.2) is 0 Å². The van der Waals surface area contributed by atoms with Crippen molar-refractivity contribution in [3.05, 3.63) is 17.5 Å². The van der Waals surface area contributed by atoms with Crippen LogP contribution in [0, 0.1) is 5.92 Å². The molecule has 6 heteroatoms. The third-order valence-electron chi connectivity index (χ3n) is 4.04. The van der Waals surface area contributed by atoms with Gasteiger partial charge >= 0.3 is 0 Å². The SMILES string of the molecule is COCCN1CCN(C(=O)c2cc(CC(C)C)nn2C)CC1. The van der Waals surface area contributed by atoms with Gasteiger partial charge in [0, 0.05) is 46.9 Å². The maximum atomic E-state index is 12.7. The summed E-state index contributed by atoms with van der Waals surface area (Å²) in [5.74, 6) is 0.638. The molecule has 124 valence electrons. The molecular formula is C16H28N4O2. The largest absolute Gasteiger partial charge is 0.383 e. The van der Waals surface area contributed by atoms with Gasteiger partial charge in [0.2, 0.25) is 0 Å². The first kappa shape index (κ1) is 17.0. The second-order valence-electron chi connectivity index (χ2n) is 6.37. The van der Waals surface area contributed by atoms with Crippen molar-refractivity contribution in [1.82, 2.24) is 19.6 Å². The summed E-state index contributed by atoms with van der Waals surface area (Å²) < 4.78 is 6.82. The standard InChI is InChI=1S/C16H28N4O2/c1-13(2)11-14-12-15(18(3)17-14)16(21)20-7-5-19(6-8-20)9-10-22-4/h12-13H,5-11H2,1-4H3. The van der Waals surface area contributed by atoms with Crippen molar-refractivity contribution in [2.45, 2.75) is 20.3 Å². The van der Waals surface area contributed by atoms with E-state index in [0.717, 1.165) is 51.4 Å². The van der Waals surface area contributed by atoms with Gasteiger partial charge in [-0.1, -0.05) is 13.8 Å². The van der Waals surface area contributed by atoms with Crippen LogP contribution in [0.1, 0.15) is 30.0 Å². The molecule has 0 atom stereocenters. The number of aromatic nitrogens is 2. The van der Waals surface area contributed by atoms with E-state index in [4.69, 9.17) is 4.74 Å². The van der Waals surface area contributed by atoms with Crippen LogP contribution in [-0.2, 0) is 18.2 Å². The monoisotopic (exact) mass is 308 g/mol. The van der Waals surface area contributed by atoms with Crippen LogP contribution in [0.4, 0.5) is 0 Å². The van der Waals surface area contributed by atoms with Crippen molar-refractivity contribution in [3.63, 3.8) is 0 Å². The molecule has 22 heavy (non-hydrogen) atoms. The summed E-state index contributed by atoms with van der Waals surface area (Å²) in [7, 11) is 3.57. The lowest BCUT2D eigenvalue weighted by atomic mass is 10.1. The molecule has 1 amide bonds. The Labute approximate surface area is 133 Å². The van der Waals surface area contributed by atoms with Crippen LogP contribution in [-0.4, -0.2) is 71.9 Å². The normalized spacial score (nSPS) is 16.5. The van der Waals surface area contributed by atoms with E-state index in [-0.39, 0.29) is 5.91 Å². The molecule has 0 radical (unpaired) electrons. The van der Waals surface area contributed by atoms with Crippen LogP contribution in [0.15, 0.2) is 6.07 Å². The molecule has 0 aromatic carbocycles. The molecule has 1 aromatic heterocycles. The molecule has 1 saturated heterocycles. The Morgan fingerprint density at radius 1 is 1.32 bits per heavy atom. The van der Waals surface area contributed by atoms with Crippen LogP contribution < -0.4 is 0 Å². The second kappa shape index (κ2) is 7.74. The summed E-state index contributed by atoms with van der Waals surface area (Å²) in [6.07, 6.45) is 0.909. The minimum absolute atomic E-state index is 0.0939. The highest BCUT2D eigenvalue weighted by Crippen LogP contribution is 2.12. The number of methoxy groups -OCH3 is 1. The fourth-order valence-corrected chi connectivity index (χ4v) is 2.80. The lowest BCUT2D eigenvalue weighted by molar-refractivity contribution is 0.0584. The Hall–Kier alpha value is -1.40. The maximum Gasteiger partial charge on any atom is 0.272 e. The van der Waals surface area contributed by atoms with Crippen LogP contribution in [0.5, 0.6) is 0 Å². The predicted octanol–water partition coefficient (Wildman–Crippen LogP) is 1.02. The molecule has 0 N–H and O–H groups in total. The number of piperazine rings is 1. The second-order valence-corrected chi connectivity index (χ2v) is 6.37. The minimum atomic E-state index is 0.0939. The van der Waals surface area contributed by atoms with Crippen molar-refractivity contribution >= 4 is 5.91 Å². The molecule has 0 aliphatic carbocycles. The van der Waals surface area contributed by atoms with E-state index >= 15 is 0 Å². The zero-order valence-electron chi connectivity index (χ0n) is 14.2. The number of ether oxygens (including phenoxy) is 1. The number of carbonyl (C=O) groups is 1. The van der Waals surface area contributed by atoms with Crippen LogP contribution in [0.25, 0.3) is 0 Å². The number of hydrogen-bond acceptors (Lipinski definition) is 4.